The van der Waals surface area contributed by atoms with E-state index >= 15 is 0 Å². The zero-order valence-corrected chi connectivity index (χ0v) is 21.1. The number of benzene rings is 1. The summed E-state index contributed by atoms with van der Waals surface area (Å²) in [5, 5.41) is 0. The Hall–Kier alpha value is -4.24. The zero-order chi connectivity index (χ0) is 25.8. The second-order valence-electron chi connectivity index (χ2n) is 9.36. The van der Waals surface area contributed by atoms with Crippen molar-refractivity contribution in [2.24, 2.45) is 0 Å². The maximum absolute atomic E-state index is 12.4. The summed E-state index contributed by atoms with van der Waals surface area (Å²) in [5.74, 6) is -0.284. The van der Waals surface area contributed by atoms with Crippen LogP contribution in [-0.2, 0) is 13.0 Å². The predicted octanol–water partition coefficient (Wildman–Crippen LogP) is 3.27. The number of hydrazine groups is 1. The van der Waals surface area contributed by atoms with Gasteiger partial charge in [0.1, 0.15) is 5.69 Å². The summed E-state index contributed by atoms with van der Waals surface area (Å²) in [6, 6.07) is 15.4. The van der Waals surface area contributed by atoms with Gasteiger partial charge in [-0.05, 0) is 55.3 Å². The van der Waals surface area contributed by atoms with Crippen LogP contribution in [0.25, 0.3) is 11.0 Å². The van der Waals surface area contributed by atoms with E-state index in [-0.39, 0.29) is 11.5 Å². The summed E-state index contributed by atoms with van der Waals surface area (Å²) in [6.45, 7) is 8.27. The zero-order valence-electron chi connectivity index (χ0n) is 21.1. The van der Waals surface area contributed by atoms with Gasteiger partial charge in [-0.2, -0.15) is 0 Å². The van der Waals surface area contributed by atoms with Crippen LogP contribution < -0.4 is 21.3 Å². The largest absolute Gasteiger partial charge is 0.368 e. The Kier molecular flexibility index (Phi) is 7.14. The van der Waals surface area contributed by atoms with E-state index in [1.165, 1.54) is 0 Å². The maximum Gasteiger partial charge on any atom is 0.288 e. The molecule has 0 spiro atoms. The maximum atomic E-state index is 12.4. The van der Waals surface area contributed by atoms with Crippen molar-refractivity contribution >= 4 is 28.3 Å². The Morgan fingerprint density at radius 1 is 1.00 bits per heavy atom. The summed E-state index contributed by atoms with van der Waals surface area (Å²) >= 11 is 0. The second kappa shape index (κ2) is 10.8. The molecule has 9 nitrogen and oxygen atoms in total. The SMILES string of the molecule is CCc1cc2ncc(CN3CCN(c4ccc(C(=O)NNc5ccc(C)cc5)nc4)CC3)cc2[nH]c1=O. The summed E-state index contributed by atoms with van der Waals surface area (Å²) in [5.41, 5.74) is 12.3. The number of aromatic amines is 1. The molecule has 0 atom stereocenters. The molecular formula is C28H31N7O2. The van der Waals surface area contributed by atoms with Crippen molar-refractivity contribution in [2.75, 3.05) is 36.5 Å². The molecule has 190 valence electrons. The fourth-order valence-electron chi connectivity index (χ4n) is 4.48. The van der Waals surface area contributed by atoms with Crippen molar-refractivity contribution < 1.29 is 4.79 Å². The number of hydrogen-bond acceptors (Lipinski definition) is 7. The standard InChI is InChI=1S/C28H31N7O2/c1-3-21-15-25-26(31-27(21)36)14-20(16-29-25)18-34-10-12-35(13-11-34)23-8-9-24(30-17-23)28(37)33-32-22-6-4-19(2)5-7-22/h4-9,14-17,32H,3,10-13,18H2,1-2H3,(H,31,36)(H,33,37). The molecule has 1 fully saturated rings. The Bertz CT molecular complexity index is 1440. The van der Waals surface area contributed by atoms with Gasteiger partial charge in [0.25, 0.3) is 11.5 Å². The van der Waals surface area contributed by atoms with Gasteiger partial charge >= 0.3 is 0 Å². The number of carbonyl (C=O) groups excluding carboxylic acids is 1. The minimum absolute atomic E-state index is 0.0396. The van der Waals surface area contributed by atoms with Crippen LogP contribution in [0.3, 0.4) is 0 Å². The number of piperazine rings is 1. The summed E-state index contributed by atoms with van der Waals surface area (Å²) in [4.78, 5) is 41.2. The molecule has 1 amide bonds. The van der Waals surface area contributed by atoms with Crippen LogP contribution in [0, 0.1) is 6.92 Å². The van der Waals surface area contributed by atoms with Gasteiger partial charge in [-0.3, -0.25) is 30.3 Å². The van der Waals surface area contributed by atoms with E-state index in [1.54, 1.807) is 12.3 Å². The van der Waals surface area contributed by atoms with Gasteiger partial charge in [-0.1, -0.05) is 24.6 Å². The summed E-state index contributed by atoms with van der Waals surface area (Å²) < 4.78 is 0. The number of aryl methyl sites for hydroxylation is 2. The number of hydrogen-bond donors (Lipinski definition) is 3. The first-order valence-corrected chi connectivity index (χ1v) is 12.6. The van der Waals surface area contributed by atoms with Gasteiger partial charge in [0.15, 0.2) is 0 Å². The van der Waals surface area contributed by atoms with E-state index in [0.717, 1.165) is 71.8 Å². The highest BCUT2D eigenvalue weighted by Crippen LogP contribution is 2.18. The molecule has 4 aromatic rings. The topological polar surface area (TPSA) is 106 Å². The molecule has 1 aromatic carbocycles. The number of aromatic nitrogens is 3. The number of rotatable bonds is 7. The van der Waals surface area contributed by atoms with Crippen LogP contribution in [0.15, 0.2) is 65.7 Å². The molecule has 0 unspecified atom stereocenters. The number of H-pyrrole nitrogens is 1. The molecule has 3 N–H and O–H groups in total. The Morgan fingerprint density at radius 2 is 1.78 bits per heavy atom. The monoisotopic (exact) mass is 497 g/mol. The number of nitrogens with one attached hydrogen (secondary N) is 3. The summed E-state index contributed by atoms with van der Waals surface area (Å²) in [6.07, 6.45) is 4.34. The molecule has 1 saturated heterocycles. The first kappa shape index (κ1) is 24.5. The quantitative estimate of drug-likeness (QED) is 0.337. The van der Waals surface area contributed by atoms with Crippen molar-refractivity contribution in [3.05, 3.63) is 93.7 Å². The van der Waals surface area contributed by atoms with Crippen LogP contribution in [0.2, 0.25) is 0 Å². The molecule has 1 aliphatic rings. The number of nitrogens with zero attached hydrogens (tertiary/aromatic N) is 4. The molecule has 5 rings (SSSR count). The van der Waals surface area contributed by atoms with E-state index in [4.69, 9.17) is 0 Å². The van der Waals surface area contributed by atoms with Crippen molar-refractivity contribution in [2.45, 2.75) is 26.8 Å². The Labute approximate surface area is 215 Å². The van der Waals surface area contributed by atoms with Crippen molar-refractivity contribution in [3.8, 4) is 0 Å². The molecule has 1 aliphatic heterocycles. The Balaban J connectivity index is 1.14. The number of carbonyl (C=O) groups is 1. The first-order valence-electron chi connectivity index (χ1n) is 12.6. The second-order valence-corrected chi connectivity index (χ2v) is 9.36. The molecule has 0 bridgehead atoms. The molecule has 9 heteroatoms. The highest BCUT2D eigenvalue weighted by atomic mass is 16.2. The molecule has 0 aliphatic carbocycles. The van der Waals surface area contributed by atoms with E-state index in [2.05, 4.69) is 35.6 Å². The fraction of sp³-hybridized carbons (Fsp3) is 0.286. The highest BCUT2D eigenvalue weighted by Gasteiger charge is 2.18. The minimum atomic E-state index is -0.284. The van der Waals surface area contributed by atoms with Crippen molar-refractivity contribution in [3.63, 3.8) is 0 Å². The molecule has 0 saturated carbocycles. The third kappa shape index (κ3) is 5.78. The third-order valence-electron chi connectivity index (χ3n) is 6.70. The van der Waals surface area contributed by atoms with Gasteiger partial charge in [0.2, 0.25) is 0 Å². The molecule has 0 radical (unpaired) electrons. The van der Waals surface area contributed by atoms with Crippen LogP contribution in [0.4, 0.5) is 11.4 Å². The van der Waals surface area contributed by atoms with Crippen LogP contribution in [0.1, 0.15) is 34.1 Å². The fourth-order valence-corrected chi connectivity index (χ4v) is 4.48. The van der Waals surface area contributed by atoms with E-state index in [1.807, 2.05) is 62.5 Å². The van der Waals surface area contributed by atoms with Crippen LogP contribution >= 0.6 is 0 Å². The van der Waals surface area contributed by atoms with Crippen molar-refractivity contribution in [1.29, 1.82) is 0 Å². The van der Waals surface area contributed by atoms with E-state index < -0.39 is 0 Å². The van der Waals surface area contributed by atoms with Gasteiger partial charge in [-0.25, -0.2) is 4.98 Å². The molecule has 37 heavy (non-hydrogen) atoms. The van der Waals surface area contributed by atoms with Gasteiger partial charge in [0.05, 0.1) is 28.6 Å². The highest BCUT2D eigenvalue weighted by molar-refractivity contribution is 5.93. The number of fused-ring (bicyclic) bond motifs is 1. The van der Waals surface area contributed by atoms with Crippen LogP contribution in [0.5, 0.6) is 0 Å². The molecule has 4 heterocycles. The number of amides is 1. The summed E-state index contributed by atoms with van der Waals surface area (Å²) in [7, 11) is 0. The Morgan fingerprint density at radius 3 is 2.49 bits per heavy atom. The van der Waals surface area contributed by atoms with E-state index in [0.29, 0.717) is 12.1 Å². The molecular weight excluding hydrogens is 466 g/mol. The van der Waals surface area contributed by atoms with Gasteiger partial charge in [0, 0.05) is 44.5 Å². The lowest BCUT2D eigenvalue weighted by atomic mass is 10.1. The third-order valence-corrected chi connectivity index (χ3v) is 6.70. The minimum Gasteiger partial charge on any atom is -0.368 e. The normalized spacial score (nSPS) is 14.1. The lowest BCUT2D eigenvalue weighted by Gasteiger charge is -2.36. The van der Waals surface area contributed by atoms with Crippen LogP contribution in [-0.4, -0.2) is 51.9 Å². The van der Waals surface area contributed by atoms with Crippen molar-refractivity contribution in [1.82, 2.24) is 25.3 Å². The first-order chi connectivity index (χ1) is 18.0. The lowest BCUT2D eigenvalue weighted by Crippen LogP contribution is -2.46. The molecule has 3 aromatic heterocycles. The van der Waals surface area contributed by atoms with E-state index in [9.17, 15) is 9.59 Å². The lowest BCUT2D eigenvalue weighted by molar-refractivity contribution is 0.0958. The smallest absolute Gasteiger partial charge is 0.288 e. The van der Waals surface area contributed by atoms with Gasteiger partial charge < -0.3 is 9.88 Å². The average molecular weight is 498 g/mol. The van der Waals surface area contributed by atoms with Gasteiger partial charge in [-0.15, -0.1) is 0 Å². The predicted molar refractivity (Wildman–Crippen MR) is 146 cm³/mol. The average Bonchev–Trinajstić information content (AvgIpc) is 2.92. The number of anilines is 2. The number of pyridine rings is 3.